The molecule has 4 rings (SSSR count). The number of aromatic nitrogens is 5. The summed E-state index contributed by atoms with van der Waals surface area (Å²) < 4.78 is 33.2. The van der Waals surface area contributed by atoms with E-state index < -0.39 is 11.6 Å². The van der Waals surface area contributed by atoms with E-state index in [4.69, 9.17) is 4.52 Å². The number of carbonyl (C=O) groups excluding carboxylic acids is 1. The summed E-state index contributed by atoms with van der Waals surface area (Å²) in [4.78, 5) is 16.6. The van der Waals surface area contributed by atoms with Gasteiger partial charge in [0, 0.05) is 32.2 Å². The molecule has 3 aromatic rings. The minimum absolute atomic E-state index is 0.0903. The van der Waals surface area contributed by atoms with Crippen molar-refractivity contribution in [3.05, 3.63) is 52.7 Å². The second-order valence-electron chi connectivity index (χ2n) is 6.87. The van der Waals surface area contributed by atoms with Crippen molar-refractivity contribution in [1.82, 2.24) is 35.2 Å². The van der Waals surface area contributed by atoms with Crippen LogP contribution in [0.4, 0.5) is 8.78 Å². The predicted octanol–water partition coefficient (Wildman–Crippen LogP) is 1.50. The number of tetrazole rings is 1. The summed E-state index contributed by atoms with van der Waals surface area (Å²) in [6.45, 7) is 6.21. The smallest absolute Gasteiger partial charge is 0.259 e. The van der Waals surface area contributed by atoms with Gasteiger partial charge in [-0.2, -0.15) is 4.68 Å². The van der Waals surface area contributed by atoms with Crippen molar-refractivity contribution in [1.29, 1.82) is 0 Å². The molecule has 1 aliphatic rings. The first-order chi connectivity index (χ1) is 13.9. The third-order valence-corrected chi connectivity index (χ3v) is 4.95. The molecule has 0 bridgehead atoms. The van der Waals surface area contributed by atoms with E-state index in [9.17, 15) is 13.6 Å². The van der Waals surface area contributed by atoms with E-state index in [1.807, 2.05) is 0 Å². The van der Waals surface area contributed by atoms with Crippen molar-refractivity contribution < 1.29 is 18.1 Å². The zero-order chi connectivity index (χ0) is 20.5. The molecule has 0 N–H and O–H groups in total. The molecule has 1 aliphatic heterocycles. The second-order valence-corrected chi connectivity index (χ2v) is 6.87. The molecular formula is C18H19F2N7O2. The van der Waals surface area contributed by atoms with Crippen LogP contribution in [0.5, 0.6) is 0 Å². The molecule has 9 nitrogen and oxygen atoms in total. The van der Waals surface area contributed by atoms with Crippen LogP contribution in [0.3, 0.4) is 0 Å². The van der Waals surface area contributed by atoms with Crippen LogP contribution in [0.2, 0.25) is 0 Å². The van der Waals surface area contributed by atoms with E-state index in [1.54, 1.807) is 18.7 Å². The Labute approximate surface area is 164 Å². The molecule has 1 aromatic carbocycles. The Balaban J connectivity index is 1.41. The largest absolute Gasteiger partial charge is 0.361 e. The summed E-state index contributed by atoms with van der Waals surface area (Å²) in [6.07, 6.45) is 0. The van der Waals surface area contributed by atoms with Gasteiger partial charge < -0.3 is 9.42 Å². The quantitative estimate of drug-likeness (QED) is 0.652. The van der Waals surface area contributed by atoms with Crippen molar-refractivity contribution >= 4 is 5.91 Å². The standard InChI is InChI=1S/C18H19F2N7O2/c1-11-17(12(2)29-22-11)18(28)26-7-5-25(6-8-26)10-16-21-23-24-27(16)13-3-4-14(19)15(20)9-13/h3-4,9H,5-8,10H2,1-2H3. The highest BCUT2D eigenvalue weighted by Crippen LogP contribution is 2.18. The molecular weight excluding hydrogens is 384 g/mol. The number of hydrogen-bond acceptors (Lipinski definition) is 7. The van der Waals surface area contributed by atoms with Gasteiger partial charge in [0.05, 0.1) is 17.9 Å². The topological polar surface area (TPSA) is 93.2 Å². The van der Waals surface area contributed by atoms with Gasteiger partial charge in [-0.25, -0.2) is 8.78 Å². The van der Waals surface area contributed by atoms with Crippen LogP contribution in [-0.2, 0) is 6.54 Å². The lowest BCUT2D eigenvalue weighted by atomic mass is 10.1. The molecule has 1 fully saturated rings. The molecule has 3 heterocycles. The summed E-state index contributed by atoms with van der Waals surface area (Å²) in [7, 11) is 0. The Morgan fingerprint density at radius 2 is 1.90 bits per heavy atom. The Bertz CT molecular complexity index is 1020. The average molecular weight is 403 g/mol. The number of rotatable bonds is 4. The van der Waals surface area contributed by atoms with Crippen molar-refractivity contribution in [2.24, 2.45) is 0 Å². The molecule has 29 heavy (non-hydrogen) atoms. The van der Waals surface area contributed by atoms with Gasteiger partial charge in [0.1, 0.15) is 11.3 Å². The summed E-state index contributed by atoms with van der Waals surface area (Å²) in [5.74, 6) is -0.965. The van der Waals surface area contributed by atoms with E-state index in [0.717, 1.165) is 12.1 Å². The van der Waals surface area contributed by atoms with Crippen LogP contribution in [0.25, 0.3) is 5.69 Å². The Kier molecular flexibility index (Phi) is 5.05. The van der Waals surface area contributed by atoms with Crippen molar-refractivity contribution in [3.8, 4) is 5.69 Å². The number of amides is 1. The fraction of sp³-hybridized carbons (Fsp3) is 0.389. The summed E-state index contributed by atoms with van der Waals surface area (Å²) >= 11 is 0. The number of piperazine rings is 1. The molecule has 0 spiro atoms. The highest BCUT2D eigenvalue weighted by atomic mass is 19.2. The first kappa shape index (κ1) is 19.1. The maximum Gasteiger partial charge on any atom is 0.259 e. The molecule has 0 aliphatic carbocycles. The molecule has 0 saturated carbocycles. The monoisotopic (exact) mass is 403 g/mol. The number of nitrogens with zero attached hydrogens (tertiary/aromatic N) is 7. The Morgan fingerprint density at radius 1 is 1.14 bits per heavy atom. The van der Waals surface area contributed by atoms with E-state index in [0.29, 0.717) is 61.3 Å². The first-order valence-electron chi connectivity index (χ1n) is 9.11. The average Bonchev–Trinajstić information content (AvgIpc) is 3.30. The minimum atomic E-state index is -0.963. The third-order valence-electron chi connectivity index (χ3n) is 4.95. The zero-order valence-corrected chi connectivity index (χ0v) is 16.0. The molecule has 0 radical (unpaired) electrons. The van der Waals surface area contributed by atoms with Crippen LogP contribution in [0.15, 0.2) is 22.7 Å². The van der Waals surface area contributed by atoms with Gasteiger partial charge in [-0.15, -0.1) is 5.10 Å². The number of halogens is 2. The van der Waals surface area contributed by atoms with Crippen LogP contribution >= 0.6 is 0 Å². The van der Waals surface area contributed by atoms with Gasteiger partial charge in [-0.3, -0.25) is 9.69 Å². The Morgan fingerprint density at radius 3 is 2.55 bits per heavy atom. The van der Waals surface area contributed by atoms with Gasteiger partial charge >= 0.3 is 0 Å². The van der Waals surface area contributed by atoms with Gasteiger partial charge in [0.15, 0.2) is 17.5 Å². The summed E-state index contributed by atoms with van der Waals surface area (Å²) in [5, 5.41) is 15.4. The maximum absolute atomic E-state index is 13.5. The molecule has 0 atom stereocenters. The molecule has 1 saturated heterocycles. The van der Waals surface area contributed by atoms with Gasteiger partial charge in [0.25, 0.3) is 5.91 Å². The Hall–Kier alpha value is -3.21. The fourth-order valence-electron chi connectivity index (χ4n) is 3.38. The minimum Gasteiger partial charge on any atom is -0.361 e. The van der Waals surface area contributed by atoms with Crippen LogP contribution < -0.4 is 0 Å². The number of aryl methyl sites for hydroxylation is 2. The van der Waals surface area contributed by atoms with Gasteiger partial charge in [-0.05, 0) is 36.4 Å². The van der Waals surface area contributed by atoms with E-state index in [1.165, 1.54) is 10.7 Å². The van der Waals surface area contributed by atoms with Crippen molar-refractivity contribution in [2.45, 2.75) is 20.4 Å². The first-order valence-corrected chi connectivity index (χ1v) is 9.11. The van der Waals surface area contributed by atoms with E-state index in [-0.39, 0.29) is 5.91 Å². The van der Waals surface area contributed by atoms with Crippen LogP contribution in [0, 0.1) is 25.5 Å². The lowest BCUT2D eigenvalue weighted by Gasteiger charge is -2.34. The highest BCUT2D eigenvalue weighted by Gasteiger charge is 2.27. The molecule has 0 unspecified atom stereocenters. The fourth-order valence-corrected chi connectivity index (χ4v) is 3.38. The summed E-state index contributed by atoms with van der Waals surface area (Å²) in [6, 6.07) is 3.50. The van der Waals surface area contributed by atoms with Crippen LogP contribution in [-0.4, -0.2) is 67.2 Å². The maximum atomic E-state index is 13.5. The van der Waals surface area contributed by atoms with Crippen molar-refractivity contribution in [2.75, 3.05) is 26.2 Å². The van der Waals surface area contributed by atoms with Crippen LogP contribution in [0.1, 0.15) is 27.6 Å². The molecule has 2 aromatic heterocycles. The van der Waals surface area contributed by atoms with Gasteiger partial charge in [-0.1, -0.05) is 5.16 Å². The number of carbonyl (C=O) groups is 1. The second kappa shape index (κ2) is 7.66. The molecule has 152 valence electrons. The van der Waals surface area contributed by atoms with Crippen molar-refractivity contribution in [3.63, 3.8) is 0 Å². The van der Waals surface area contributed by atoms with Gasteiger partial charge in [0.2, 0.25) is 0 Å². The lowest BCUT2D eigenvalue weighted by Crippen LogP contribution is -2.48. The highest BCUT2D eigenvalue weighted by molar-refractivity contribution is 5.96. The number of benzene rings is 1. The van der Waals surface area contributed by atoms with E-state index >= 15 is 0 Å². The lowest BCUT2D eigenvalue weighted by molar-refractivity contribution is 0.0622. The zero-order valence-electron chi connectivity index (χ0n) is 16.0. The number of hydrogen-bond donors (Lipinski definition) is 0. The molecule has 1 amide bonds. The third kappa shape index (κ3) is 3.73. The predicted molar refractivity (Wildman–Crippen MR) is 96.2 cm³/mol. The SMILES string of the molecule is Cc1noc(C)c1C(=O)N1CCN(Cc2nnnn2-c2ccc(F)c(F)c2)CC1. The molecule has 11 heteroatoms. The van der Waals surface area contributed by atoms with E-state index in [2.05, 4.69) is 25.6 Å². The normalized spacial score (nSPS) is 15.1. The summed E-state index contributed by atoms with van der Waals surface area (Å²) in [5.41, 5.74) is 1.44.